The predicted octanol–water partition coefficient (Wildman–Crippen LogP) is -3.87. The van der Waals surface area contributed by atoms with E-state index in [2.05, 4.69) is 16.0 Å². The summed E-state index contributed by atoms with van der Waals surface area (Å²) in [4.78, 5) is 60.4. The highest BCUT2D eigenvalue weighted by Crippen LogP contribution is 2.18. The molecule has 1 saturated heterocycles. The highest BCUT2D eigenvalue weighted by Gasteiger charge is 2.35. The molecule has 0 saturated carbocycles. The number of hydrogen-bond donors (Lipinski definition) is 8. The van der Waals surface area contributed by atoms with Crippen LogP contribution in [0.4, 0.5) is 0 Å². The normalized spacial score (nSPS) is 17.3. The van der Waals surface area contributed by atoms with Crippen LogP contribution in [0, 0.1) is 5.41 Å². The zero-order chi connectivity index (χ0) is 23.6. The van der Waals surface area contributed by atoms with Crippen LogP contribution >= 0.6 is 0 Å². The van der Waals surface area contributed by atoms with Gasteiger partial charge in [0.2, 0.25) is 23.6 Å². The number of primary amides is 1. The number of nitrogens with one attached hydrogen (secondary N) is 4. The van der Waals surface area contributed by atoms with Gasteiger partial charge in [0.15, 0.2) is 5.96 Å². The highest BCUT2D eigenvalue weighted by atomic mass is 16.4. The van der Waals surface area contributed by atoms with Crippen molar-refractivity contribution in [3.8, 4) is 0 Å². The summed E-state index contributed by atoms with van der Waals surface area (Å²) in [6.07, 6.45) is 0.981. The first-order valence-electron chi connectivity index (χ1n) is 9.75. The monoisotopic (exact) mass is 442 g/mol. The Bertz CT molecular complexity index is 715. The summed E-state index contributed by atoms with van der Waals surface area (Å²) in [5.41, 5.74) is 15.6. The number of likely N-dealkylation sites (tertiary alicyclic amines) is 1. The molecule has 0 bridgehead atoms. The number of nitrogens with two attached hydrogens (primary N) is 3. The Kier molecular flexibility index (Phi) is 10.2. The number of hydrogen-bond acceptors (Lipinski definition) is 7. The highest BCUT2D eigenvalue weighted by molar-refractivity contribution is 5.93. The summed E-state index contributed by atoms with van der Waals surface area (Å²) < 4.78 is 0. The zero-order valence-corrected chi connectivity index (χ0v) is 17.1. The fourth-order valence-corrected chi connectivity index (χ4v) is 3.10. The molecule has 14 nitrogen and oxygen atoms in total. The van der Waals surface area contributed by atoms with Crippen molar-refractivity contribution >= 4 is 35.6 Å². The van der Waals surface area contributed by atoms with Gasteiger partial charge in [-0.25, -0.2) is 4.79 Å². The van der Waals surface area contributed by atoms with Crippen LogP contribution in [0.2, 0.25) is 0 Å². The smallest absolute Gasteiger partial charge is 0.326 e. The van der Waals surface area contributed by atoms with Crippen molar-refractivity contribution in [2.45, 2.75) is 50.2 Å². The van der Waals surface area contributed by atoms with Crippen molar-refractivity contribution in [1.29, 1.82) is 5.41 Å². The molecule has 0 aliphatic carbocycles. The number of carboxylic acids is 1. The Hall–Kier alpha value is -3.42. The molecule has 174 valence electrons. The van der Waals surface area contributed by atoms with E-state index in [1.54, 1.807) is 0 Å². The molecule has 1 rings (SSSR count). The molecule has 14 heteroatoms. The first-order valence-corrected chi connectivity index (χ1v) is 9.75. The molecule has 31 heavy (non-hydrogen) atoms. The second-order valence-electron chi connectivity index (χ2n) is 7.12. The van der Waals surface area contributed by atoms with Gasteiger partial charge in [-0.15, -0.1) is 0 Å². The molecule has 0 aromatic rings. The minimum Gasteiger partial charge on any atom is -0.480 e. The lowest BCUT2D eigenvalue weighted by Gasteiger charge is -2.26. The molecule has 3 atom stereocenters. The number of rotatable bonds is 12. The minimum absolute atomic E-state index is 0.107. The molecule has 0 unspecified atom stereocenters. The lowest BCUT2D eigenvalue weighted by Crippen LogP contribution is -2.53. The van der Waals surface area contributed by atoms with Crippen LogP contribution in [0.15, 0.2) is 0 Å². The third kappa shape index (κ3) is 8.86. The molecule has 4 amide bonds. The van der Waals surface area contributed by atoms with Crippen LogP contribution in [-0.4, -0.2) is 83.3 Å². The number of nitrogens with zero attached hydrogens (tertiary/aromatic N) is 1. The second kappa shape index (κ2) is 12.3. The van der Waals surface area contributed by atoms with Gasteiger partial charge in [-0.05, 0) is 25.7 Å². The van der Waals surface area contributed by atoms with Crippen molar-refractivity contribution < 1.29 is 29.1 Å². The number of carbonyl (C=O) groups excluding carboxylic acids is 4. The van der Waals surface area contributed by atoms with Crippen LogP contribution < -0.4 is 33.2 Å². The van der Waals surface area contributed by atoms with Crippen molar-refractivity contribution in [3.63, 3.8) is 0 Å². The molecular formula is C17H30N8O6. The average Bonchev–Trinajstić information content (AvgIpc) is 3.17. The van der Waals surface area contributed by atoms with Gasteiger partial charge in [0.1, 0.15) is 12.1 Å². The number of guanidine groups is 1. The van der Waals surface area contributed by atoms with Gasteiger partial charge in [0.25, 0.3) is 0 Å². The fourth-order valence-electron chi connectivity index (χ4n) is 3.10. The standard InChI is InChI=1S/C17H30N8O6/c18-9(7-12(19)26)14(28)23-8-13(27)25-6-2-4-11(25)15(29)24-10(16(30)31)3-1-5-22-17(20)21/h9-11H,1-8,18H2,(H2,19,26)(H,23,28)(H,24,29)(H,30,31)(H4,20,21,22)/t9-,10-,11-/m0/s1. The Morgan fingerprint density at radius 1 is 1.16 bits per heavy atom. The number of amides is 4. The third-order valence-corrected chi connectivity index (χ3v) is 4.65. The molecule has 0 aromatic heterocycles. The summed E-state index contributed by atoms with van der Waals surface area (Å²) in [6, 6.07) is -3.21. The Morgan fingerprint density at radius 3 is 2.42 bits per heavy atom. The van der Waals surface area contributed by atoms with Crippen molar-refractivity contribution in [2.24, 2.45) is 17.2 Å². The van der Waals surface area contributed by atoms with E-state index in [0.717, 1.165) is 0 Å². The summed E-state index contributed by atoms with van der Waals surface area (Å²) >= 11 is 0. The molecular weight excluding hydrogens is 412 g/mol. The third-order valence-electron chi connectivity index (χ3n) is 4.65. The lowest BCUT2D eigenvalue weighted by molar-refractivity contribution is -0.144. The maximum Gasteiger partial charge on any atom is 0.326 e. The number of aliphatic carboxylic acids is 1. The van der Waals surface area contributed by atoms with Gasteiger partial charge in [0, 0.05) is 13.1 Å². The van der Waals surface area contributed by atoms with Crippen molar-refractivity contribution in [2.75, 3.05) is 19.6 Å². The summed E-state index contributed by atoms with van der Waals surface area (Å²) in [5, 5.41) is 23.7. The van der Waals surface area contributed by atoms with Gasteiger partial charge in [-0.2, -0.15) is 0 Å². The summed E-state index contributed by atoms with van der Waals surface area (Å²) in [6.45, 7) is 0.134. The van der Waals surface area contributed by atoms with E-state index in [1.807, 2.05) is 0 Å². The van der Waals surface area contributed by atoms with E-state index >= 15 is 0 Å². The zero-order valence-electron chi connectivity index (χ0n) is 17.1. The van der Waals surface area contributed by atoms with Gasteiger partial charge < -0.3 is 43.2 Å². The number of carbonyl (C=O) groups is 5. The fraction of sp³-hybridized carbons (Fsp3) is 0.647. The maximum absolute atomic E-state index is 12.6. The summed E-state index contributed by atoms with van der Waals surface area (Å²) in [7, 11) is 0. The SMILES string of the molecule is N=C(N)NCCC[C@H](NC(=O)[C@@H]1CCCN1C(=O)CNC(=O)[C@@H](N)CC(N)=O)C(=O)O. The molecule has 1 heterocycles. The molecule has 0 radical (unpaired) electrons. The minimum atomic E-state index is -1.22. The van der Waals surface area contributed by atoms with E-state index in [9.17, 15) is 29.1 Å². The topological polar surface area (TPSA) is 247 Å². The Balaban J connectivity index is 2.59. The van der Waals surface area contributed by atoms with Crippen LogP contribution in [0.1, 0.15) is 32.1 Å². The maximum atomic E-state index is 12.6. The predicted molar refractivity (Wildman–Crippen MR) is 108 cm³/mol. The van der Waals surface area contributed by atoms with Crippen LogP contribution in [0.5, 0.6) is 0 Å². The Labute approximate surface area is 178 Å². The van der Waals surface area contributed by atoms with E-state index in [4.69, 9.17) is 22.6 Å². The van der Waals surface area contributed by atoms with E-state index in [-0.39, 0.29) is 31.9 Å². The first-order chi connectivity index (χ1) is 14.5. The molecule has 0 spiro atoms. The van der Waals surface area contributed by atoms with E-state index in [0.29, 0.717) is 19.3 Å². The second-order valence-corrected chi connectivity index (χ2v) is 7.12. The quantitative estimate of drug-likeness (QED) is 0.0835. The largest absolute Gasteiger partial charge is 0.480 e. The van der Waals surface area contributed by atoms with Crippen LogP contribution in [-0.2, 0) is 24.0 Å². The van der Waals surface area contributed by atoms with Gasteiger partial charge in [-0.3, -0.25) is 24.6 Å². The van der Waals surface area contributed by atoms with Crippen LogP contribution in [0.25, 0.3) is 0 Å². The van der Waals surface area contributed by atoms with Gasteiger partial charge in [-0.1, -0.05) is 0 Å². The van der Waals surface area contributed by atoms with Crippen molar-refractivity contribution in [1.82, 2.24) is 20.9 Å². The molecule has 1 aliphatic heterocycles. The van der Waals surface area contributed by atoms with Gasteiger partial charge in [0.05, 0.1) is 19.0 Å². The van der Waals surface area contributed by atoms with Crippen molar-refractivity contribution in [3.05, 3.63) is 0 Å². The number of carboxylic acid groups (broad SMARTS) is 1. The molecule has 1 fully saturated rings. The molecule has 0 aromatic carbocycles. The van der Waals surface area contributed by atoms with E-state index in [1.165, 1.54) is 4.90 Å². The van der Waals surface area contributed by atoms with Gasteiger partial charge >= 0.3 is 5.97 Å². The Morgan fingerprint density at radius 2 is 1.84 bits per heavy atom. The molecule has 11 N–H and O–H groups in total. The summed E-state index contributed by atoms with van der Waals surface area (Å²) in [5.74, 6) is -4.07. The first kappa shape index (κ1) is 25.6. The molecule has 1 aliphatic rings. The average molecular weight is 442 g/mol. The van der Waals surface area contributed by atoms with E-state index < -0.39 is 54.3 Å². The lowest BCUT2D eigenvalue weighted by atomic mass is 10.1. The van der Waals surface area contributed by atoms with Crippen LogP contribution in [0.3, 0.4) is 0 Å².